The first kappa shape index (κ1) is 19.8. The molecule has 1 aliphatic rings. The number of aliphatic carboxylic acids is 2. The lowest BCUT2D eigenvalue weighted by Crippen LogP contribution is -2.52. The van der Waals surface area contributed by atoms with Crippen LogP contribution in [-0.2, 0) is 14.3 Å². The van der Waals surface area contributed by atoms with Gasteiger partial charge in [-0.15, -0.1) is 0 Å². The highest BCUT2D eigenvalue weighted by molar-refractivity contribution is 5.81. The summed E-state index contributed by atoms with van der Waals surface area (Å²) in [6.45, 7) is -1.64. The lowest BCUT2D eigenvalue weighted by Gasteiger charge is -2.30. The van der Waals surface area contributed by atoms with E-state index in [1.165, 1.54) is 17.2 Å². The molecule has 0 aromatic carbocycles. The molecule has 2 aromatic rings. The molecule has 2 aromatic heterocycles. The number of carboxylic acid groups (broad SMARTS) is 2. The molecule has 0 spiro atoms. The van der Waals surface area contributed by atoms with Crippen molar-refractivity contribution in [1.82, 2.24) is 24.4 Å². The van der Waals surface area contributed by atoms with E-state index in [1.54, 1.807) is 0 Å². The highest BCUT2D eigenvalue weighted by Gasteiger charge is 2.49. The van der Waals surface area contributed by atoms with Crippen molar-refractivity contribution in [2.45, 2.75) is 30.8 Å². The van der Waals surface area contributed by atoms with Crippen LogP contribution in [0.25, 0.3) is 11.2 Å². The third kappa shape index (κ3) is 3.58. The summed E-state index contributed by atoms with van der Waals surface area (Å²) in [4.78, 5) is 34.4. The number of anilines is 1. The minimum atomic E-state index is -1.82. The highest BCUT2D eigenvalue weighted by Crippen LogP contribution is 2.33. The molecular formula is C14H18N6O8. The number of nitrogens with zero attached hydrogens (tertiary/aromatic N) is 5. The van der Waals surface area contributed by atoms with Gasteiger partial charge in [0.05, 0.1) is 19.4 Å². The second kappa shape index (κ2) is 7.61. The Labute approximate surface area is 156 Å². The molecule has 3 heterocycles. The molecule has 1 saturated heterocycles. The molecule has 7 N–H and O–H groups in total. The molecule has 0 bridgehead atoms. The number of hydrogen-bond acceptors (Lipinski definition) is 11. The number of fused-ring (bicyclic) bond motifs is 1. The number of aromatic nitrogens is 4. The van der Waals surface area contributed by atoms with Crippen molar-refractivity contribution in [1.29, 1.82) is 0 Å². The Balaban J connectivity index is 1.87. The van der Waals surface area contributed by atoms with Gasteiger partial charge in [0, 0.05) is 0 Å². The van der Waals surface area contributed by atoms with Crippen molar-refractivity contribution >= 4 is 28.9 Å². The van der Waals surface area contributed by atoms with Gasteiger partial charge in [0.2, 0.25) is 0 Å². The summed E-state index contributed by atoms with van der Waals surface area (Å²) in [6, 6.07) is 0. The fourth-order valence-electron chi connectivity index (χ4n) is 3.02. The van der Waals surface area contributed by atoms with Crippen molar-refractivity contribution in [3.63, 3.8) is 0 Å². The second-order valence-electron chi connectivity index (χ2n) is 6.16. The molecule has 5 atom stereocenters. The molecule has 3 rings (SSSR count). The van der Waals surface area contributed by atoms with E-state index >= 15 is 0 Å². The smallest absolute Gasteiger partial charge is 0.317 e. The minimum absolute atomic E-state index is 0.0856. The Morgan fingerprint density at radius 2 is 1.82 bits per heavy atom. The van der Waals surface area contributed by atoms with Crippen LogP contribution in [0, 0.1) is 0 Å². The zero-order valence-corrected chi connectivity index (χ0v) is 14.2. The molecule has 28 heavy (non-hydrogen) atoms. The minimum Gasteiger partial charge on any atom is -0.480 e. The average molecular weight is 398 g/mol. The number of imidazole rings is 1. The molecule has 0 aliphatic carbocycles. The van der Waals surface area contributed by atoms with Gasteiger partial charge in [-0.3, -0.25) is 19.1 Å². The summed E-state index contributed by atoms with van der Waals surface area (Å²) in [5.41, 5.74) is 6.13. The quantitative estimate of drug-likeness (QED) is 0.254. The van der Waals surface area contributed by atoms with Gasteiger partial charge < -0.3 is 36.0 Å². The first-order chi connectivity index (χ1) is 13.2. The zero-order chi connectivity index (χ0) is 20.6. The highest BCUT2D eigenvalue weighted by atomic mass is 16.6. The van der Waals surface area contributed by atoms with Crippen LogP contribution in [0.3, 0.4) is 0 Å². The Morgan fingerprint density at radius 1 is 1.18 bits per heavy atom. The monoisotopic (exact) mass is 398 g/mol. The van der Waals surface area contributed by atoms with E-state index in [-0.39, 0.29) is 17.0 Å². The summed E-state index contributed by atoms with van der Waals surface area (Å²) >= 11 is 0. The number of carbonyl (C=O) groups is 2. The molecule has 14 heteroatoms. The topological polar surface area (TPSA) is 217 Å². The number of nitrogens with two attached hydrogens (primary N) is 1. The Kier molecular flexibility index (Phi) is 5.39. The fourth-order valence-corrected chi connectivity index (χ4v) is 3.02. The van der Waals surface area contributed by atoms with Crippen LogP contribution in [0.4, 0.5) is 5.82 Å². The van der Waals surface area contributed by atoms with Crippen LogP contribution in [0.1, 0.15) is 6.23 Å². The maximum atomic E-state index is 10.9. The van der Waals surface area contributed by atoms with E-state index in [0.717, 1.165) is 0 Å². The predicted molar refractivity (Wildman–Crippen MR) is 88.5 cm³/mol. The largest absolute Gasteiger partial charge is 0.480 e. The lowest BCUT2D eigenvalue weighted by molar-refractivity contribution is -0.163. The van der Waals surface area contributed by atoms with Crippen LogP contribution in [0.5, 0.6) is 0 Å². The fraction of sp³-hybridized carbons (Fsp3) is 0.500. The van der Waals surface area contributed by atoms with Gasteiger partial charge in [-0.05, 0) is 0 Å². The normalized spacial score (nSPS) is 26.0. The summed E-state index contributed by atoms with van der Waals surface area (Å²) in [5, 5.41) is 48.9. The van der Waals surface area contributed by atoms with Gasteiger partial charge in [0.15, 0.2) is 17.7 Å². The number of carboxylic acids is 2. The van der Waals surface area contributed by atoms with E-state index in [2.05, 4.69) is 15.0 Å². The van der Waals surface area contributed by atoms with Crippen LogP contribution < -0.4 is 5.73 Å². The van der Waals surface area contributed by atoms with Crippen LogP contribution in [0.15, 0.2) is 12.7 Å². The van der Waals surface area contributed by atoms with E-state index in [1.807, 2.05) is 0 Å². The number of nitrogen functional groups attached to an aromatic ring is 1. The maximum Gasteiger partial charge on any atom is 0.317 e. The van der Waals surface area contributed by atoms with Gasteiger partial charge in [-0.2, -0.15) is 0 Å². The first-order valence-electron chi connectivity index (χ1n) is 8.01. The predicted octanol–water partition coefficient (Wildman–Crippen LogP) is -3.18. The molecule has 0 saturated carbocycles. The summed E-state index contributed by atoms with van der Waals surface area (Å²) in [7, 11) is 0. The number of aliphatic hydroxyl groups is 3. The second-order valence-corrected chi connectivity index (χ2v) is 6.16. The van der Waals surface area contributed by atoms with Gasteiger partial charge in [0.1, 0.15) is 36.4 Å². The van der Waals surface area contributed by atoms with Gasteiger partial charge >= 0.3 is 11.9 Å². The van der Waals surface area contributed by atoms with Crippen LogP contribution in [0.2, 0.25) is 0 Å². The van der Waals surface area contributed by atoms with E-state index in [4.69, 9.17) is 20.7 Å². The standard InChI is InChI=1S/C14H18N6O8/c15-11-7-12(17-3-16-11)20(4-18-7)14-9(26)8(25)10(28-14)13(27)19(1-5(21)22)2-6(23)24/h3-4,8-10,13-14,25-27H,1-2H2,(H,21,22)(H,23,24)(H2,15,16,17)/t8-,9+,10-,13?,14+/m0/s1. The van der Waals surface area contributed by atoms with Crippen molar-refractivity contribution in [2.24, 2.45) is 0 Å². The maximum absolute atomic E-state index is 10.9. The van der Waals surface area contributed by atoms with Gasteiger partial charge in [0.25, 0.3) is 0 Å². The molecule has 1 fully saturated rings. The Morgan fingerprint density at radius 3 is 2.43 bits per heavy atom. The zero-order valence-electron chi connectivity index (χ0n) is 14.2. The number of rotatable bonds is 7. The SMILES string of the molecule is Nc1ncnc2c1ncn2[C@@H]1O[C@H](C(O)N(CC(=O)O)CC(=O)O)[C@@H](O)[C@H]1O. The van der Waals surface area contributed by atoms with Crippen molar-refractivity contribution in [3.8, 4) is 0 Å². The van der Waals surface area contributed by atoms with Crippen molar-refractivity contribution < 1.29 is 39.9 Å². The average Bonchev–Trinajstić information content (AvgIpc) is 3.16. The molecule has 152 valence electrons. The van der Waals surface area contributed by atoms with Gasteiger partial charge in [-0.25, -0.2) is 15.0 Å². The molecule has 0 radical (unpaired) electrons. The molecular weight excluding hydrogens is 380 g/mol. The van der Waals surface area contributed by atoms with Gasteiger partial charge in [-0.1, -0.05) is 0 Å². The number of aliphatic hydroxyl groups excluding tert-OH is 3. The Hall–Kier alpha value is -2.91. The van der Waals surface area contributed by atoms with Crippen molar-refractivity contribution in [2.75, 3.05) is 18.8 Å². The summed E-state index contributed by atoms with van der Waals surface area (Å²) in [6.07, 6.45) is -5.36. The molecule has 14 nitrogen and oxygen atoms in total. The van der Waals surface area contributed by atoms with Crippen LogP contribution >= 0.6 is 0 Å². The third-order valence-corrected chi connectivity index (χ3v) is 4.28. The number of ether oxygens (including phenoxy) is 1. The third-order valence-electron chi connectivity index (χ3n) is 4.28. The summed E-state index contributed by atoms with van der Waals surface area (Å²) in [5.74, 6) is -2.70. The van der Waals surface area contributed by atoms with E-state index in [9.17, 15) is 24.9 Å². The van der Waals surface area contributed by atoms with E-state index < -0.39 is 55.8 Å². The van der Waals surface area contributed by atoms with Crippen molar-refractivity contribution in [3.05, 3.63) is 12.7 Å². The number of hydrogen-bond donors (Lipinski definition) is 6. The Bertz CT molecular complexity index is 874. The molecule has 1 unspecified atom stereocenters. The lowest BCUT2D eigenvalue weighted by atomic mass is 10.1. The summed E-state index contributed by atoms with van der Waals surface area (Å²) < 4.78 is 6.80. The van der Waals surface area contributed by atoms with Crippen LogP contribution in [-0.4, -0.2) is 99.5 Å². The molecule has 0 amide bonds. The van der Waals surface area contributed by atoms with E-state index in [0.29, 0.717) is 4.90 Å². The first-order valence-corrected chi connectivity index (χ1v) is 8.01. The molecule has 1 aliphatic heterocycles.